The van der Waals surface area contributed by atoms with Gasteiger partial charge in [0.1, 0.15) is 0 Å². The van der Waals surface area contributed by atoms with E-state index in [-0.39, 0.29) is 5.82 Å². The Morgan fingerprint density at radius 3 is 2.55 bits per heavy atom. The Morgan fingerprint density at radius 2 is 1.84 bits per heavy atom. The van der Waals surface area contributed by atoms with E-state index in [1.807, 2.05) is 31.3 Å². The third-order valence-corrected chi connectivity index (χ3v) is 6.00. The summed E-state index contributed by atoms with van der Waals surface area (Å²) >= 11 is 0. The molecule has 3 aromatic rings. The van der Waals surface area contributed by atoms with Crippen LogP contribution in [0.25, 0.3) is 11.4 Å². The number of rotatable bonds is 6. The maximum absolute atomic E-state index is 14.4. The summed E-state index contributed by atoms with van der Waals surface area (Å²) in [6.07, 6.45) is 5.32. The second-order valence-corrected chi connectivity index (χ2v) is 8.60. The molecule has 2 aromatic heterocycles. The molecule has 1 N–H and O–H groups in total. The van der Waals surface area contributed by atoms with Crippen LogP contribution in [0.5, 0.6) is 0 Å². The van der Waals surface area contributed by atoms with Crippen molar-refractivity contribution in [2.45, 2.75) is 39.5 Å². The molecule has 1 fully saturated rings. The van der Waals surface area contributed by atoms with E-state index in [9.17, 15) is 4.39 Å². The lowest BCUT2D eigenvalue weighted by Crippen LogP contribution is -2.36. The van der Waals surface area contributed by atoms with E-state index < -0.39 is 5.82 Å². The summed E-state index contributed by atoms with van der Waals surface area (Å²) in [6, 6.07) is 12.3. The van der Waals surface area contributed by atoms with Crippen LogP contribution >= 0.6 is 0 Å². The third-order valence-electron chi connectivity index (χ3n) is 6.00. The van der Waals surface area contributed by atoms with Crippen molar-refractivity contribution in [2.75, 3.05) is 29.9 Å². The summed E-state index contributed by atoms with van der Waals surface area (Å²) in [5.41, 5.74) is 4.33. The Hall–Kier alpha value is -3.02. The molecule has 1 aliphatic heterocycles. The summed E-state index contributed by atoms with van der Waals surface area (Å²) in [5, 5.41) is 3.25. The minimum absolute atomic E-state index is 0.286. The van der Waals surface area contributed by atoms with Crippen LogP contribution in [0.3, 0.4) is 0 Å². The number of pyridine rings is 1. The number of hydrogen-bond acceptors (Lipinski definition) is 5. The molecule has 1 aromatic carbocycles. The highest BCUT2D eigenvalue weighted by molar-refractivity contribution is 5.62. The maximum Gasteiger partial charge on any atom is 0.183 e. The lowest BCUT2D eigenvalue weighted by atomic mass is 9.96. The van der Waals surface area contributed by atoms with Gasteiger partial charge in [-0.1, -0.05) is 38.1 Å². The largest absolute Gasteiger partial charge is 0.370 e. The zero-order valence-corrected chi connectivity index (χ0v) is 18.5. The van der Waals surface area contributed by atoms with Gasteiger partial charge in [-0.05, 0) is 49.3 Å². The van der Waals surface area contributed by atoms with E-state index in [1.165, 1.54) is 11.9 Å². The van der Waals surface area contributed by atoms with Gasteiger partial charge in [0.15, 0.2) is 17.5 Å². The van der Waals surface area contributed by atoms with Crippen molar-refractivity contribution in [2.24, 2.45) is 5.92 Å². The molecule has 1 aliphatic rings. The average Bonchev–Trinajstić information content (AvgIpc) is 2.79. The highest BCUT2D eigenvalue weighted by Crippen LogP contribution is 2.28. The monoisotopic (exact) mass is 419 g/mol. The first-order chi connectivity index (χ1) is 15.0. The van der Waals surface area contributed by atoms with E-state index >= 15 is 0 Å². The maximum atomic E-state index is 14.4. The lowest BCUT2D eigenvalue weighted by molar-refractivity contribution is 0.422. The van der Waals surface area contributed by atoms with Gasteiger partial charge in [0.25, 0.3) is 0 Å². The van der Waals surface area contributed by atoms with Gasteiger partial charge in [0.2, 0.25) is 0 Å². The molecular formula is C25H30FN5. The highest BCUT2D eigenvalue weighted by atomic mass is 19.1. The fourth-order valence-corrected chi connectivity index (χ4v) is 4.11. The molecule has 0 amide bonds. The van der Waals surface area contributed by atoms with E-state index in [4.69, 9.17) is 0 Å². The van der Waals surface area contributed by atoms with Crippen molar-refractivity contribution in [1.29, 1.82) is 0 Å². The number of aryl methyl sites for hydroxylation is 1. The van der Waals surface area contributed by atoms with Crippen LogP contribution in [0.4, 0.5) is 15.9 Å². The smallest absolute Gasteiger partial charge is 0.183 e. The second-order valence-electron chi connectivity index (χ2n) is 8.60. The predicted octanol–water partition coefficient (Wildman–Crippen LogP) is 5.44. The summed E-state index contributed by atoms with van der Waals surface area (Å²) < 4.78 is 14.4. The number of hydrogen-bond donors (Lipinski definition) is 1. The van der Waals surface area contributed by atoms with Gasteiger partial charge in [-0.15, -0.1) is 0 Å². The van der Waals surface area contributed by atoms with E-state index in [0.717, 1.165) is 42.8 Å². The van der Waals surface area contributed by atoms with Crippen LogP contribution in [0.2, 0.25) is 0 Å². The third kappa shape index (κ3) is 5.01. The number of anilines is 2. The molecule has 1 saturated heterocycles. The Morgan fingerprint density at radius 1 is 1.06 bits per heavy atom. The molecule has 0 aliphatic carbocycles. The van der Waals surface area contributed by atoms with Crippen molar-refractivity contribution in [1.82, 2.24) is 15.0 Å². The molecule has 0 atom stereocenters. The van der Waals surface area contributed by atoms with Gasteiger partial charge >= 0.3 is 0 Å². The zero-order valence-electron chi connectivity index (χ0n) is 18.5. The first-order valence-corrected chi connectivity index (χ1v) is 11.0. The molecule has 0 saturated carbocycles. The van der Waals surface area contributed by atoms with Gasteiger partial charge in [-0.2, -0.15) is 0 Å². The SMILES string of the molecule is Cc1ccc(N2CCC(CNc3nc(-c4ccccc4C(C)C)ncc3F)CC2)cn1. The van der Waals surface area contributed by atoms with E-state index in [1.54, 1.807) is 0 Å². The fraction of sp³-hybridized carbons (Fsp3) is 0.400. The van der Waals surface area contributed by atoms with Crippen LogP contribution in [0.1, 0.15) is 43.9 Å². The highest BCUT2D eigenvalue weighted by Gasteiger charge is 2.20. The van der Waals surface area contributed by atoms with Crippen molar-refractivity contribution >= 4 is 11.5 Å². The minimum Gasteiger partial charge on any atom is -0.370 e. The Bertz CT molecular complexity index is 1010. The Balaban J connectivity index is 1.39. The summed E-state index contributed by atoms with van der Waals surface area (Å²) in [7, 11) is 0. The van der Waals surface area contributed by atoms with Crippen LogP contribution in [-0.2, 0) is 0 Å². The molecule has 5 nitrogen and oxygen atoms in total. The van der Waals surface area contributed by atoms with Gasteiger partial charge in [0.05, 0.1) is 18.1 Å². The van der Waals surface area contributed by atoms with Gasteiger partial charge in [-0.25, -0.2) is 14.4 Å². The van der Waals surface area contributed by atoms with E-state index in [2.05, 4.69) is 57.2 Å². The quantitative estimate of drug-likeness (QED) is 0.577. The van der Waals surface area contributed by atoms with Crippen molar-refractivity contribution in [3.63, 3.8) is 0 Å². The standard InChI is InChI=1S/C25H30FN5/c1-17(2)21-6-4-5-7-22(21)24-29-16-23(26)25(30-24)28-14-19-10-12-31(13-11-19)20-9-8-18(3)27-15-20/h4-9,15-17,19H,10-14H2,1-3H3,(H,28,29,30). The average molecular weight is 420 g/mol. The number of piperidine rings is 1. The molecule has 31 heavy (non-hydrogen) atoms. The molecule has 4 rings (SSSR count). The van der Waals surface area contributed by atoms with Crippen LogP contribution in [0.15, 0.2) is 48.8 Å². The molecular weight excluding hydrogens is 389 g/mol. The summed E-state index contributed by atoms with van der Waals surface area (Å²) in [4.78, 5) is 15.6. The molecule has 0 spiro atoms. The second kappa shape index (κ2) is 9.41. The summed E-state index contributed by atoms with van der Waals surface area (Å²) in [5.74, 6) is 1.27. The number of nitrogens with zero attached hydrogens (tertiary/aromatic N) is 4. The van der Waals surface area contributed by atoms with Crippen LogP contribution in [-0.4, -0.2) is 34.6 Å². The van der Waals surface area contributed by atoms with Gasteiger partial charge < -0.3 is 10.2 Å². The minimum atomic E-state index is -0.408. The normalized spacial score (nSPS) is 14.8. The molecule has 0 unspecified atom stereocenters. The molecule has 3 heterocycles. The molecule has 0 bridgehead atoms. The molecule has 162 valence electrons. The first-order valence-electron chi connectivity index (χ1n) is 11.0. The van der Waals surface area contributed by atoms with Crippen molar-refractivity contribution in [3.8, 4) is 11.4 Å². The molecule has 0 radical (unpaired) electrons. The van der Waals surface area contributed by atoms with Crippen LogP contribution < -0.4 is 10.2 Å². The van der Waals surface area contributed by atoms with Crippen molar-refractivity contribution < 1.29 is 4.39 Å². The number of halogens is 1. The zero-order chi connectivity index (χ0) is 21.8. The van der Waals surface area contributed by atoms with E-state index in [0.29, 0.717) is 24.2 Å². The lowest BCUT2D eigenvalue weighted by Gasteiger charge is -2.33. The topological polar surface area (TPSA) is 53.9 Å². The Kier molecular flexibility index (Phi) is 6.44. The number of aromatic nitrogens is 3. The number of nitrogens with one attached hydrogen (secondary N) is 1. The van der Waals surface area contributed by atoms with Gasteiger partial charge in [-0.3, -0.25) is 4.98 Å². The Labute approximate surface area is 183 Å². The summed E-state index contributed by atoms with van der Waals surface area (Å²) in [6.45, 7) is 8.95. The van der Waals surface area contributed by atoms with Gasteiger partial charge in [0, 0.05) is 30.9 Å². The van der Waals surface area contributed by atoms with Crippen LogP contribution in [0, 0.1) is 18.7 Å². The fourth-order valence-electron chi connectivity index (χ4n) is 4.11. The predicted molar refractivity (Wildman–Crippen MR) is 124 cm³/mol. The number of benzene rings is 1. The molecule has 6 heteroatoms. The first kappa shape index (κ1) is 21.2. The van der Waals surface area contributed by atoms with Crippen molar-refractivity contribution in [3.05, 3.63) is 65.9 Å².